The van der Waals surface area contributed by atoms with Crippen LogP contribution in [-0.4, -0.2) is 11.2 Å². The first kappa shape index (κ1) is 12.0. The van der Waals surface area contributed by atoms with E-state index >= 15 is 0 Å². The Morgan fingerprint density at radius 2 is 1.93 bits per heavy atom. The summed E-state index contributed by atoms with van der Waals surface area (Å²) in [5.74, 6) is 0.169. The molecule has 0 aliphatic heterocycles. The van der Waals surface area contributed by atoms with E-state index in [0.717, 1.165) is 0 Å². The number of aryl methyl sites for hydroxylation is 1. The number of alkyl halides is 3. The lowest BCUT2D eigenvalue weighted by molar-refractivity contribution is -0.0677. The Morgan fingerprint density at radius 3 is 2.47 bits per heavy atom. The van der Waals surface area contributed by atoms with Crippen LogP contribution in [-0.2, 0) is 6.42 Å². The Bertz CT molecular complexity index is 360. The standard InChI is InChI=1S/C10H9F3OS/c1-2-7-5-3-4-6-8(7)14-9(15)10(11,12)13/h3-6H,2H2,1H3. The van der Waals surface area contributed by atoms with Crippen LogP contribution in [0, 0.1) is 0 Å². The molecule has 0 fully saturated rings. The van der Waals surface area contributed by atoms with Crippen LogP contribution in [0.15, 0.2) is 24.3 Å². The van der Waals surface area contributed by atoms with Gasteiger partial charge in [0.25, 0.3) is 5.05 Å². The van der Waals surface area contributed by atoms with Gasteiger partial charge >= 0.3 is 6.18 Å². The number of para-hydroxylation sites is 1. The van der Waals surface area contributed by atoms with E-state index in [1.165, 1.54) is 6.07 Å². The molecule has 1 aromatic carbocycles. The molecular formula is C10H9F3OS. The highest BCUT2D eigenvalue weighted by Crippen LogP contribution is 2.24. The molecule has 0 heterocycles. The predicted molar refractivity (Wildman–Crippen MR) is 55.1 cm³/mol. The second kappa shape index (κ2) is 4.61. The maximum atomic E-state index is 12.1. The van der Waals surface area contributed by atoms with E-state index in [1.54, 1.807) is 18.2 Å². The number of halogens is 3. The normalized spacial score (nSPS) is 11.2. The Morgan fingerprint density at radius 1 is 1.33 bits per heavy atom. The third-order valence-corrected chi connectivity index (χ3v) is 2.10. The molecule has 1 nitrogen and oxygen atoms in total. The zero-order valence-electron chi connectivity index (χ0n) is 7.97. The summed E-state index contributed by atoms with van der Waals surface area (Å²) in [6, 6.07) is 6.51. The highest BCUT2D eigenvalue weighted by Gasteiger charge is 2.36. The smallest absolute Gasteiger partial charge is 0.441 e. The largest absolute Gasteiger partial charge is 0.460 e. The van der Waals surface area contributed by atoms with Crippen molar-refractivity contribution in [3.8, 4) is 5.75 Å². The Labute approximate surface area is 90.9 Å². The quantitative estimate of drug-likeness (QED) is 0.724. The fourth-order valence-electron chi connectivity index (χ4n) is 1.05. The average molecular weight is 234 g/mol. The second-order valence-corrected chi connectivity index (χ2v) is 3.22. The molecule has 0 saturated heterocycles. The minimum atomic E-state index is -4.59. The van der Waals surface area contributed by atoms with Gasteiger partial charge in [0.1, 0.15) is 5.75 Å². The summed E-state index contributed by atoms with van der Waals surface area (Å²) in [6.07, 6.45) is -3.99. The summed E-state index contributed by atoms with van der Waals surface area (Å²) >= 11 is 4.13. The molecule has 0 bridgehead atoms. The average Bonchev–Trinajstić information content (AvgIpc) is 2.17. The maximum Gasteiger partial charge on any atom is 0.460 e. The SMILES string of the molecule is CCc1ccccc1OC(=S)C(F)(F)F. The fraction of sp³-hybridized carbons (Fsp3) is 0.300. The maximum absolute atomic E-state index is 12.1. The monoisotopic (exact) mass is 234 g/mol. The molecule has 0 atom stereocenters. The first-order chi connectivity index (χ1) is 6.95. The van der Waals surface area contributed by atoms with Crippen molar-refractivity contribution < 1.29 is 17.9 Å². The molecular weight excluding hydrogens is 225 g/mol. The zero-order valence-corrected chi connectivity index (χ0v) is 8.78. The van der Waals surface area contributed by atoms with E-state index in [4.69, 9.17) is 0 Å². The molecule has 0 aliphatic carbocycles. The molecule has 0 saturated carbocycles. The highest BCUT2D eigenvalue weighted by atomic mass is 32.1. The number of hydrogen-bond donors (Lipinski definition) is 0. The Hall–Kier alpha value is -1.10. The molecule has 82 valence electrons. The van der Waals surface area contributed by atoms with E-state index in [9.17, 15) is 13.2 Å². The Balaban J connectivity index is 2.85. The number of benzene rings is 1. The van der Waals surface area contributed by atoms with Crippen LogP contribution in [0.4, 0.5) is 13.2 Å². The van der Waals surface area contributed by atoms with Crippen molar-refractivity contribution in [3.05, 3.63) is 29.8 Å². The molecule has 0 spiro atoms. The second-order valence-electron chi connectivity index (χ2n) is 2.85. The van der Waals surface area contributed by atoms with Crippen LogP contribution >= 0.6 is 12.2 Å². The van der Waals surface area contributed by atoms with Crippen LogP contribution in [0.3, 0.4) is 0 Å². The number of rotatable bonds is 2. The van der Waals surface area contributed by atoms with Crippen molar-refractivity contribution in [1.82, 2.24) is 0 Å². The van der Waals surface area contributed by atoms with Crippen molar-refractivity contribution in [2.75, 3.05) is 0 Å². The van der Waals surface area contributed by atoms with Crippen molar-refractivity contribution >= 4 is 17.3 Å². The van der Waals surface area contributed by atoms with Gasteiger partial charge in [0.2, 0.25) is 0 Å². The van der Waals surface area contributed by atoms with Crippen LogP contribution in [0.1, 0.15) is 12.5 Å². The summed E-state index contributed by atoms with van der Waals surface area (Å²) in [5, 5.41) is -1.36. The van der Waals surface area contributed by atoms with Gasteiger partial charge in [-0.3, -0.25) is 0 Å². The molecule has 1 aromatic rings. The van der Waals surface area contributed by atoms with Gasteiger partial charge in [-0.2, -0.15) is 13.2 Å². The zero-order chi connectivity index (χ0) is 11.5. The summed E-state index contributed by atoms with van der Waals surface area (Å²) in [4.78, 5) is 0. The summed E-state index contributed by atoms with van der Waals surface area (Å²) in [5.41, 5.74) is 0.698. The van der Waals surface area contributed by atoms with E-state index < -0.39 is 11.2 Å². The summed E-state index contributed by atoms with van der Waals surface area (Å²) < 4.78 is 40.9. The molecule has 5 heteroatoms. The van der Waals surface area contributed by atoms with E-state index in [-0.39, 0.29) is 5.75 Å². The summed E-state index contributed by atoms with van der Waals surface area (Å²) in [7, 11) is 0. The van der Waals surface area contributed by atoms with Crippen LogP contribution in [0.25, 0.3) is 0 Å². The number of thiocarbonyl (C=S) groups is 1. The third kappa shape index (κ3) is 3.20. The van der Waals surface area contributed by atoms with Gasteiger partial charge in [-0.15, -0.1) is 0 Å². The third-order valence-electron chi connectivity index (χ3n) is 1.79. The van der Waals surface area contributed by atoms with Crippen molar-refractivity contribution in [1.29, 1.82) is 0 Å². The van der Waals surface area contributed by atoms with E-state index in [1.807, 2.05) is 6.92 Å². The minimum Gasteiger partial charge on any atom is -0.441 e. The lowest BCUT2D eigenvalue weighted by atomic mass is 10.1. The first-order valence-corrected chi connectivity index (χ1v) is 4.73. The number of hydrogen-bond acceptors (Lipinski definition) is 2. The highest BCUT2D eigenvalue weighted by molar-refractivity contribution is 7.80. The van der Waals surface area contributed by atoms with Crippen molar-refractivity contribution in [2.45, 2.75) is 19.5 Å². The van der Waals surface area contributed by atoms with Gasteiger partial charge in [0, 0.05) is 0 Å². The van der Waals surface area contributed by atoms with Gasteiger partial charge in [0.15, 0.2) is 0 Å². The van der Waals surface area contributed by atoms with E-state index in [0.29, 0.717) is 12.0 Å². The van der Waals surface area contributed by atoms with Crippen molar-refractivity contribution in [2.24, 2.45) is 0 Å². The van der Waals surface area contributed by atoms with Crippen LogP contribution in [0.2, 0.25) is 0 Å². The topological polar surface area (TPSA) is 9.23 Å². The molecule has 0 aromatic heterocycles. The molecule has 1 rings (SSSR count). The van der Waals surface area contributed by atoms with Gasteiger partial charge in [-0.05, 0) is 30.3 Å². The fourth-order valence-corrected chi connectivity index (χ4v) is 1.14. The van der Waals surface area contributed by atoms with Gasteiger partial charge < -0.3 is 4.74 Å². The van der Waals surface area contributed by atoms with Gasteiger partial charge in [0.05, 0.1) is 0 Å². The lowest BCUT2D eigenvalue weighted by Crippen LogP contribution is -2.26. The molecule has 15 heavy (non-hydrogen) atoms. The first-order valence-electron chi connectivity index (χ1n) is 4.32. The summed E-state index contributed by atoms with van der Waals surface area (Å²) in [6.45, 7) is 1.83. The molecule has 0 aliphatic rings. The predicted octanol–water partition coefficient (Wildman–Crippen LogP) is 3.52. The molecule has 0 amide bonds. The van der Waals surface area contributed by atoms with Crippen molar-refractivity contribution in [3.63, 3.8) is 0 Å². The van der Waals surface area contributed by atoms with Crippen LogP contribution < -0.4 is 4.74 Å². The molecule has 0 N–H and O–H groups in total. The molecule has 0 radical (unpaired) electrons. The Kier molecular flexibility index (Phi) is 3.68. The van der Waals surface area contributed by atoms with Crippen LogP contribution in [0.5, 0.6) is 5.75 Å². The number of ether oxygens (including phenoxy) is 1. The molecule has 0 unspecified atom stereocenters. The lowest BCUT2D eigenvalue weighted by Gasteiger charge is -2.12. The van der Waals surface area contributed by atoms with Gasteiger partial charge in [-0.25, -0.2) is 0 Å². The minimum absolute atomic E-state index is 0.169. The van der Waals surface area contributed by atoms with Gasteiger partial charge in [-0.1, -0.05) is 25.1 Å². The van der Waals surface area contributed by atoms with E-state index in [2.05, 4.69) is 17.0 Å².